The van der Waals surface area contributed by atoms with Crippen LogP contribution < -0.4 is 10.1 Å². The summed E-state index contributed by atoms with van der Waals surface area (Å²) in [4.78, 5) is 13.2. The van der Waals surface area contributed by atoms with E-state index in [1.54, 1.807) is 17.8 Å². The number of nitrogens with zero attached hydrogens (tertiary/aromatic N) is 2. The molecule has 2 aromatic rings. The maximum Gasteiger partial charge on any atom is 0.290 e. The Morgan fingerprint density at radius 3 is 2.75 bits per heavy atom. The number of benzene rings is 2. The van der Waals surface area contributed by atoms with Crippen molar-refractivity contribution in [3.63, 3.8) is 0 Å². The Kier molecular flexibility index (Phi) is 10.0. The smallest absolute Gasteiger partial charge is 0.290 e. The monoisotopic (exact) mass is 457 g/mol. The van der Waals surface area contributed by atoms with Crippen molar-refractivity contribution in [1.29, 1.82) is 5.26 Å². The molecule has 0 aromatic heterocycles. The van der Waals surface area contributed by atoms with Crippen molar-refractivity contribution in [2.75, 3.05) is 24.2 Å². The van der Waals surface area contributed by atoms with Gasteiger partial charge in [0.2, 0.25) is 0 Å². The van der Waals surface area contributed by atoms with Crippen LogP contribution in [0.1, 0.15) is 30.9 Å². The second kappa shape index (κ2) is 12.7. The van der Waals surface area contributed by atoms with E-state index < -0.39 is 0 Å². The van der Waals surface area contributed by atoms with Gasteiger partial charge in [0.05, 0.1) is 11.6 Å². The highest BCUT2D eigenvalue weighted by Gasteiger charge is 2.30. The van der Waals surface area contributed by atoms with Gasteiger partial charge in [-0.15, -0.1) is 11.8 Å². The van der Waals surface area contributed by atoms with Crippen molar-refractivity contribution in [3.05, 3.63) is 59.4 Å². The fourth-order valence-electron chi connectivity index (χ4n) is 3.16. The van der Waals surface area contributed by atoms with Crippen LogP contribution in [0.2, 0.25) is 0 Å². The first kappa shape index (κ1) is 25.2. The standard InChI is InChI=1S/C23H26FN3OS.CH2O2/c1-17-5-8-19(24)14-21(17)26-13-11-23(2)16-29-22(27-23)15-28-20-9-6-18(7-10-20)4-3-12-25;2-1-3/h5-10,14,26H,3-4,11,13,15-16H2,1-2H3;1H,(H,2,3). The molecular weight excluding hydrogens is 429 g/mol. The molecule has 1 atom stereocenters. The second-order valence-corrected chi connectivity index (χ2v) is 8.67. The minimum absolute atomic E-state index is 0.140. The molecule has 1 aliphatic heterocycles. The summed E-state index contributed by atoms with van der Waals surface area (Å²) in [6, 6.07) is 14.8. The molecule has 1 aliphatic rings. The molecule has 0 fully saturated rings. The molecule has 0 radical (unpaired) electrons. The fourth-order valence-corrected chi connectivity index (χ4v) is 4.27. The van der Waals surface area contributed by atoms with Crippen molar-refractivity contribution in [3.8, 4) is 11.8 Å². The molecule has 2 aromatic carbocycles. The summed E-state index contributed by atoms with van der Waals surface area (Å²) in [5.41, 5.74) is 2.87. The van der Waals surface area contributed by atoms with Crippen LogP contribution in [0.3, 0.4) is 0 Å². The molecule has 1 heterocycles. The van der Waals surface area contributed by atoms with E-state index in [1.165, 1.54) is 12.1 Å². The molecule has 0 spiro atoms. The van der Waals surface area contributed by atoms with E-state index in [2.05, 4.69) is 18.3 Å². The number of ether oxygens (including phenoxy) is 1. The number of anilines is 1. The Balaban J connectivity index is 0.00000114. The number of halogens is 1. The number of nitrogens with one attached hydrogen (secondary N) is 1. The van der Waals surface area contributed by atoms with E-state index in [1.807, 2.05) is 31.2 Å². The number of thioether (sulfide) groups is 1. The van der Waals surface area contributed by atoms with Crippen LogP contribution in [0.25, 0.3) is 0 Å². The van der Waals surface area contributed by atoms with Crippen LogP contribution in [0.4, 0.5) is 10.1 Å². The lowest BCUT2D eigenvalue weighted by molar-refractivity contribution is -0.122. The van der Waals surface area contributed by atoms with Crippen molar-refractivity contribution >= 4 is 29.0 Å². The molecule has 0 aliphatic carbocycles. The van der Waals surface area contributed by atoms with E-state index in [-0.39, 0.29) is 17.8 Å². The summed E-state index contributed by atoms with van der Waals surface area (Å²) in [5, 5.41) is 19.9. The highest BCUT2D eigenvalue weighted by molar-refractivity contribution is 8.14. The number of carbonyl (C=O) groups is 1. The van der Waals surface area contributed by atoms with Crippen molar-refractivity contribution in [2.45, 2.75) is 38.6 Å². The third kappa shape index (κ3) is 8.23. The highest BCUT2D eigenvalue weighted by Crippen LogP contribution is 2.31. The van der Waals surface area contributed by atoms with Crippen LogP contribution in [-0.2, 0) is 11.2 Å². The molecule has 32 heavy (non-hydrogen) atoms. The quantitative estimate of drug-likeness (QED) is 0.510. The summed E-state index contributed by atoms with van der Waals surface area (Å²) >= 11 is 1.74. The number of aryl methyl sites for hydroxylation is 2. The number of hydrogen-bond acceptors (Lipinski definition) is 6. The predicted octanol–water partition coefficient (Wildman–Crippen LogP) is 5.08. The average molecular weight is 458 g/mol. The topological polar surface area (TPSA) is 94.7 Å². The van der Waals surface area contributed by atoms with Crippen molar-refractivity contribution in [2.24, 2.45) is 4.99 Å². The molecule has 0 amide bonds. The second-order valence-electron chi connectivity index (χ2n) is 7.62. The Hall–Kier alpha value is -3.05. The summed E-state index contributed by atoms with van der Waals surface area (Å²) < 4.78 is 19.3. The Morgan fingerprint density at radius 2 is 2.06 bits per heavy atom. The zero-order chi connectivity index (χ0) is 23.4. The minimum atomic E-state index is -0.250. The van der Waals surface area contributed by atoms with Gasteiger partial charge in [0.25, 0.3) is 6.47 Å². The SMILES string of the molecule is Cc1ccc(F)cc1NCCC1(C)CSC(COc2ccc(CCC#N)cc2)=N1.O=CO. The lowest BCUT2D eigenvalue weighted by Gasteiger charge is -2.20. The number of aliphatic imine (C=N–C) groups is 1. The molecular formula is C24H28FN3O3S. The van der Waals surface area contributed by atoms with E-state index in [4.69, 9.17) is 24.9 Å². The van der Waals surface area contributed by atoms with Gasteiger partial charge in [-0.05, 0) is 62.1 Å². The van der Waals surface area contributed by atoms with Gasteiger partial charge in [0.1, 0.15) is 23.2 Å². The predicted molar refractivity (Wildman–Crippen MR) is 127 cm³/mol. The van der Waals surface area contributed by atoms with Crippen LogP contribution in [0.5, 0.6) is 5.75 Å². The van der Waals surface area contributed by atoms with Crippen molar-refractivity contribution < 1.29 is 19.0 Å². The molecule has 6 nitrogen and oxygen atoms in total. The number of carboxylic acid groups (broad SMARTS) is 1. The van der Waals surface area contributed by atoms with Gasteiger partial charge in [-0.1, -0.05) is 18.2 Å². The normalized spacial score (nSPS) is 16.9. The van der Waals surface area contributed by atoms with Crippen LogP contribution in [0, 0.1) is 24.1 Å². The molecule has 8 heteroatoms. The molecule has 0 saturated carbocycles. The fraction of sp³-hybridized carbons (Fsp3) is 0.375. The van der Waals surface area contributed by atoms with Gasteiger partial charge in [-0.2, -0.15) is 5.26 Å². The maximum absolute atomic E-state index is 13.4. The Bertz CT molecular complexity index is 960. The van der Waals surface area contributed by atoms with E-state index in [0.717, 1.165) is 52.7 Å². The van der Waals surface area contributed by atoms with E-state index >= 15 is 0 Å². The van der Waals surface area contributed by atoms with E-state index in [0.29, 0.717) is 13.0 Å². The Morgan fingerprint density at radius 1 is 1.34 bits per heavy atom. The average Bonchev–Trinajstić information content (AvgIpc) is 3.15. The lowest BCUT2D eigenvalue weighted by Crippen LogP contribution is -2.26. The van der Waals surface area contributed by atoms with Crippen molar-refractivity contribution in [1.82, 2.24) is 0 Å². The molecule has 0 bridgehead atoms. The molecule has 1 unspecified atom stereocenters. The minimum Gasteiger partial charge on any atom is -0.487 e. The first-order chi connectivity index (χ1) is 15.4. The summed E-state index contributed by atoms with van der Waals surface area (Å²) in [6.07, 6.45) is 2.16. The highest BCUT2D eigenvalue weighted by atomic mass is 32.2. The van der Waals surface area contributed by atoms with Gasteiger partial charge in [-0.3, -0.25) is 9.79 Å². The number of nitriles is 1. The summed E-state index contributed by atoms with van der Waals surface area (Å²) in [6.45, 7) is 5.08. The third-order valence-electron chi connectivity index (χ3n) is 4.93. The third-order valence-corrected chi connectivity index (χ3v) is 6.24. The zero-order valence-corrected chi connectivity index (χ0v) is 19.1. The molecule has 3 rings (SSSR count). The zero-order valence-electron chi connectivity index (χ0n) is 18.3. The van der Waals surface area contributed by atoms with Crippen LogP contribution in [-0.4, -0.2) is 41.1 Å². The van der Waals surface area contributed by atoms with Gasteiger partial charge in [-0.25, -0.2) is 4.39 Å². The Labute approximate surface area is 192 Å². The van der Waals surface area contributed by atoms with Crippen LogP contribution >= 0.6 is 11.8 Å². The molecule has 170 valence electrons. The van der Waals surface area contributed by atoms with Gasteiger partial charge in [0.15, 0.2) is 0 Å². The molecule has 2 N–H and O–H groups in total. The largest absolute Gasteiger partial charge is 0.487 e. The summed E-state index contributed by atoms with van der Waals surface area (Å²) in [7, 11) is 0. The first-order valence-corrected chi connectivity index (χ1v) is 11.3. The number of rotatable bonds is 9. The first-order valence-electron chi connectivity index (χ1n) is 10.3. The van der Waals surface area contributed by atoms with Gasteiger partial charge < -0.3 is 15.2 Å². The summed E-state index contributed by atoms with van der Waals surface area (Å²) in [5.74, 6) is 1.50. The van der Waals surface area contributed by atoms with Gasteiger partial charge in [0, 0.05) is 24.4 Å². The van der Waals surface area contributed by atoms with Gasteiger partial charge >= 0.3 is 0 Å². The number of hydrogen-bond donors (Lipinski definition) is 2. The lowest BCUT2D eigenvalue weighted by atomic mass is 10.0. The molecule has 0 saturated heterocycles. The maximum atomic E-state index is 13.4. The van der Waals surface area contributed by atoms with E-state index in [9.17, 15) is 4.39 Å². The van der Waals surface area contributed by atoms with Crippen LogP contribution in [0.15, 0.2) is 47.5 Å².